The largest absolute Gasteiger partial charge is 0.497 e. The Hall–Kier alpha value is -3.51. The number of carbonyl (C=O) groups is 1. The van der Waals surface area contributed by atoms with Crippen molar-refractivity contribution in [2.75, 3.05) is 19.0 Å². The molecule has 4 rings (SSSR count). The molecule has 1 heterocycles. The predicted octanol–water partition coefficient (Wildman–Crippen LogP) is 5.79. The van der Waals surface area contributed by atoms with Gasteiger partial charge in [0, 0.05) is 11.3 Å². The molecule has 4 aromatic rings. The zero-order valence-electron chi connectivity index (χ0n) is 17.4. The molecule has 0 saturated heterocycles. The second-order valence-corrected chi connectivity index (χ2v) is 7.57. The summed E-state index contributed by atoms with van der Waals surface area (Å²) in [6.07, 6.45) is 0. The Morgan fingerprint density at radius 2 is 1.97 bits per heavy atom. The Morgan fingerprint density at radius 3 is 2.74 bits per heavy atom. The summed E-state index contributed by atoms with van der Waals surface area (Å²) in [7, 11) is 1.61. The number of hydrogen-bond donors (Lipinski definition) is 1. The zero-order valence-corrected chi connectivity index (χ0v) is 18.1. The molecule has 0 fully saturated rings. The molecule has 0 aliphatic rings. The van der Waals surface area contributed by atoms with Crippen molar-refractivity contribution in [3.05, 3.63) is 70.7 Å². The van der Waals surface area contributed by atoms with Gasteiger partial charge in [-0.1, -0.05) is 23.7 Å². The zero-order chi connectivity index (χ0) is 22.0. The van der Waals surface area contributed by atoms with Crippen LogP contribution in [0.5, 0.6) is 11.5 Å². The molecule has 0 bridgehead atoms. The van der Waals surface area contributed by atoms with E-state index in [1.165, 1.54) is 0 Å². The summed E-state index contributed by atoms with van der Waals surface area (Å²) in [5, 5.41) is 3.30. The lowest BCUT2D eigenvalue weighted by molar-refractivity contribution is -0.118. The van der Waals surface area contributed by atoms with Gasteiger partial charge in [-0.2, -0.15) is 0 Å². The van der Waals surface area contributed by atoms with Crippen LogP contribution >= 0.6 is 11.6 Å². The summed E-state index contributed by atoms with van der Waals surface area (Å²) in [5.41, 5.74) is 4.57. The van der Waals surface area contributed by atoms with E-state index in [4.69, 9.17) is 25.5 Å². The van der Waals surface area contributed by atoms with Crippen molar-refractivity contribution in [3.8, 4) is 23.0 Å². The maximum absolute atomic E-state index is 12.4. The third-order valence-electron chi connectivity index (χ3n) is 4.71. The Bertz CT molecular complexity index is 1240. The molecule has 0 spiro atoms. The minimum Gasteiger partial charge on any atom is -0.497 e. The second kappa shape index (κ2) is 8.70. The van der Waals surface area contributed by atoms with Gasteiger partial charge in [-0.3, -0.25) is 4.79 Å². The number of aromatic nitrogens is 1. The number of oxazole rings is 1. The highest BCUT2D eigenvalue weighted by Crippen LogP contribution is 2.30. The fourth-order valence-electron chi connectivity index (χ4n) is 3.30. The van der Waals surface area contributed by atoms with Crippen LogP contribution in [0, 0.1) is 13.8 Å². The maximum atomic E-state index is 12.4. The highest BCUT2D eigenvalue weighted by atomic mass is 35.5. The molecule has 1 amide bonds. The van der Waals surface area contributed by atoms with Crippen LogP contribution in [0.2, 0.25) is 5.02 Å². The van der Waals surface area contributed by atoms with E-state index in [9.17, 15) is 4.79 Å². The van der Waals surface area contributed by atoms with Gasteiger partial charge in [0.05, 0.1) is 12.1 Å². The average molecular weight is 437 g/mol. The molecule has 158 valence electrons. The highest BCUT2D eigenvalue weighted by molar-refractivity contribution is 6.32. The molecule has 0 saturated carbocycles. The van der Waals surface area contributed by atoms with Crippen molar-refractivity contribution >= 4 is 34.3 Å². The smallest absolute Gasteiger partial charge is 0.262 e. The topological polar surface area (TPSA) is 73.6 Å². The van der Waals surface area contributed by atoms with Crippen LogP contribution in [0.25, 0.3) is 22.6 Å². The number of anilines is 1. The Morgan fingerprint density at radius 1 is 1.13 bits per heavy atom. The van der Waals surface area contributed by atoms with E-state index in [0.717, 1.165) is 22.4 Å². The number of halogens is 1. The van der Waals surface area contributed by atoms with Crippen molar-refractivity contribution in [1.82, 2.24) is 4.98 Å². The molecule has 1 N–H and O–H groups in total. The quantitative estimate of drug-likeness (QED) is 0.414. The molecule has 3 aromatic carbocycles. The Labute approximate surface area is 184 Å². The number of amides is 1. The molecule has 1 aromatic heterocycles. The number of benzene rings is 3. The third kappa shape index (κ3) is 4.64. The summed E-state index contributed by atoms with van der Waals surface area (Å²) in [6, 6.07) is 16.5. The number of carbonyl (C=O) groups excluding carboxylic acids is 1. The van der Waals surface area contributed by atoms with Gasteiger partial charge in [0.25, 0.3) is 5.91 Å². The van der Waals surface area contributed by atoms with Gasteiger partial charge in [-0.25, -0.2) is 4.98 Å². The lowest BCUT2D eigenvalue weighted by atomic mass is 10.1. The first-order chi connectivity index (χ1) is 14.9. The summed E-state index contributed by atoms with van der Waals surface area (Å²) in [4.78, 5) is 16.9. The van der Waals surface area contributed by atoms with Gasteiger partial charge in [0.1, 0.15) is 17.0 Å². The van der Waals surface area contributed by atoms with Crippen LogP contribution in [0.15, 0.2) is 59.0 Å². The fraction of sp³-hybridized carbons (Fsp3) is 0.167. The minimum atomic E-state index is -0.299. The lowest BCUT2D eigenvalue weighted by Gasteiger charge is -2.12. The number of nitrogens with one attached hydrogen (secondary N) is 1. The summed E-state index contributed by atoms with van der Waals surface area (Å²) in [5.74, 6) is 1.41. The van der Waals surface area contributed by atoms with Crippen LogP contribution in [0.4, 0.5) is 5.69 Å². The predicted molar refractivity (Wildman–Crippen MR) is 121 cm³/mol. The van der Waals surface area contributed by atoms with Crippen molar-refractivity contribution < 1.29 is 18.7 Å². The highest BCUT2D eigenvalue weighted by Gasteiger charge is 2.12. The van der Waals surface area contributed by atoms with E-state index in [-0.39, 0.29) is 12.5 Å². The molecular weight excluding hydrogens is 416 g/mol. The van der Waals surface area contributed by atoms with Crippen LogP contribution in [-0.2, 0) is 4.79 Å². The first kappa shape index (κ1) is 20.8. The molecule has 0 radical (unpaired) electrons. The number of fused-ring (bicyclic) bond motifs is 1. The van der Waals surface area contributed by atoms with Gasteiger partial charge in [-0.15, -0.1) is 0 Å². The van der Waals surface area contributed by atoms with E-state index in [1.54, 1.807) is 31.4 Å². The van der Waals surface area contributed by atoms with Gasteiger partial charge < -0.3 is 19.2 Å². The molecule has 0 unspecified atom stereocenters. The molecule has 31 heavy (non-hydrogen) atoms. The number of nitrogens with zero attached hydrogens (tertiary/aromatic N) is 1. The standard InChI is InChI=1S/C24H21ClN2O4/c1-14-9-15(2)23(19(25)10-14)30-13-22(28)26-17-7-8-21-20(12-17)27-24(31-21)16-5-4-6-18(11-16)29-3/h4-12H,13H2,1-3H3,(H,26,28). The Balaban J connectivity index is 1.47. The second-order valence-electron chi connectivity index (χ2n) is 7.16. The summed E-state index contributed by atoms with van der Waals surface area (Å²) in [6.45, 7) is 3.69. The third-order valence-corrected chi connectivity index (χ3v) is 4.99. The fourth-order valence-corrected chi connectivity index (χ4v) is 3.68. The molecule has 0 atom stereocenters. The molecule has 7 heteroatoms. The van der Waals surface area contributed by atoms with Crippen LogP contribution in [0.3, 0.4) is 0 Å². The van der Waals surface area contributed by atoms with Gasteiger partial charge >= 0.3 is 0 Å². The molecule has 0 aliphatic carbocycles. The summed E-state index contributed by atoms with van der Waals surface area (Å²) < 4.78 is 16.7. The van der Waals surface area contributed by atoms with Crippen molar-refractivity contribution in [2.24, 2.45) is 0 Å². The van der Waals surface area contributed by atoms with Gasteiger partial charge in [0.2, 0.25) is 5.89 Å². The van der Waals surface area contributed by atoms with Crippen LogP contribution in [-0.4, -0.2) is 24.6 Å². The van der Waals surface area contributed by atoms with Crippen LogP contribution in [0.1, 0.15) is 11.1 Å². The first-order valence-electron chi connectivity index (χ1n) is 9.67. The van der Waals surface area contributed by atoms with Crippen molar-refractivity contribution in [3.63, 3.8) is 0 Å². The van der Waals surface area contributed by atoms with Crippen molar-refractivity contribution in [1.29, 1.82) is 0 Å². The number of rotatable bonds is 6. The van der Waals surface area contributed by atoms with Crippen LogP contribution < -0.4 is 14.8 Å². The number of hydrogen-bond acceptors (Lipinski definition) is 5. The molecule has 6 nitrogen and oxygen atoms in total. The summed E-state index contributed by atoms with van der Waals surface area (Å²) >= 11 is 6.23. The number of methoxy groups -OCH3 is 1. The maximum Gasteiger partial charge on any atom is 0.262 e. The lowest BCUT2D eigenvalue weighted by Crippen LogP contribution is -2.20. The van der Waals surface area contributed by atoms with E-state index < -0.39 is 0 Å². The van der Waals surface area contributed by atoms with E-state index >= 15 is 0 Å². The SMILES string of the molecule is COc1cccc(-c2nc3cc(NC(=O)COc4c(C)cc(C)cc4Cl)ccc3o2)c1. The first-order valence-corrected chi connectivity index (χ1v) is 10.0. The van der Waals surface area contributed by atoms with E-state index in [1.807, 2.05) is 44.2 Å². The van der Waals surface area contributed by atoms with E-state index in [0.29, 0.717) is 33.4 Å². The van der Waals surface area contributed by atoms with Crippen molar-refractivity contribution in [2.45, 2.75) is 13.8 Å². The number of aryl methyl sites for hydroxylation is 2. The number of ether oxygens (including phenoxy) is 2. The normalized spacial score (nSPS) is 10.8. The van der Waals surface area contributed by atoms with Gasteiger partial charge in [0.15, 0.2) is 12.2 Å². The van der Waals surface area contributed by atoms with Gasteiger partial charge in [-0.05, 0) is 67.4 Å². The monoisotopic (exact) mass is 436 g/mol. The Kier molecular flexibility index (Phi) is 5.82. The molecular formula is C24H21ClN2O4. The minimum absolute atomic E-state index is 0.157. The molecule has 0 aliphatic heterocycles. The average Bonchev–Trinajstić information content (AvgIpc) is 3.16. The van der Waals surface area contributed by atoms with E-state index in [2.05, 4.69) is 10.3 Å².